The summed E-state index contributed by atoms with van der Waals surface area (Å²) in [6, 6.07) is 5.95. The van der Waals surface area contributed by atoms with Crippen LogP contribution in [0.25, 0.3) is 0 Å². The fourth-order valence-corrected chi connectivity index (χ4v) is 3.64. The van der Waals surface area contributed by atoms with E-state index >= 15 is 0 Å². The van der Waals surface area contributed by atoms with Crippen molar-refractivity contribution in [2.75, 3.05) is 32.8 Å². The maximum absolute atomic E-state index is 12.6. The number of nitrogens with one attached hydrogen (secondary N) is 2. The quantitative estimate of drug-likeness (QED) is 0.831. The molecule has 2 N–H and O–H groups in total. The largest absolute Gasteiger partial charge is 0.486 e. The number of rotatable bonds is 5. The first-order valence-electron chi connectivity index (χ1n) is 9.06. The van der Waals surface area contributed by atoms with Crippen molar-refractivity contribution in [3.05, 3.63) is 41.7 Å². The van der Waals surface area contributed by atoms with Crippen LogP contribution < -0.4 is 20.1 Å². The lowest BCUT2D eigenvalue weighted by Crippen LogP contribution is -2.35. The van der Waals surface area contributed by atoms with Crippen molar-refractivity contribution in [2.45, 2.75) is 12.3 Å². The normalized spacial score (nSPS) is 21.6. The molecule has 2 aromatic rings. The van der Waals surface area contributed by atoms with E-state index in [1.807, 2.05) is 37.6 Å². The number of amides is 1. The molecular formula is C19H24N4O3. The van der Waals surface area contributed by atoms with Gasteiger partial charge in [-0.1, -0.05) is 6.07 Å². The molecule has 0 saturated carbocycles. The van der Waals surface area contributed by atoms with Crippen LogP contribution in [0.5, 0.6) is 11.5 Å². The highest BCUT2D eigenvalue weighted by Gasteiger charge is 2.34. The van der Waals surface area contributed by atoms with Gasteiger partial charge < -0.3 is 20.1 Å². The van der Waals surface area contributed by atoms with E-state index in [1.54, 1.807) is 4.68 Å². The fourth-order valence-electron chi connectivity index (χ4n) is 3.64. The molecule has 2 atom stereocenters. The third-order valence-corrected chi connectivity index (χ3v) is 5.02. The van der Waals surface area contributed by atoms with E-state index in [9.17, 15) is 4.79 Å². The Morgan fingerprint density at radius 3 is 2.96 bits per heavy atom. The first-order chi connectivity index (χ1) is 12.7. The predicted octanol–water partition coefficient (Wildman–Crippen LogP) is 0.853. The zero-order valence-corrected chi connectivity index (χ0v) is 14.9. The third-order valence-electron chi connectivity index (χ3n) is 5.02. The zero-order chi connectivity index (χ0) is 17.9. The highest BCUT2D eigenvalue weighted by atomic mass is 16.6. The number of carbonyl (C=O) groups is 1. The van der Waals surface area contributed by atoms with Crippen molar-refractivity contribution in [3.8, 4) is 11.5 Å². The highest BCUT2D eigenvalue weighted by Crippen LogP contribution is 2.31. The van der Waals surface area contributed by atoms with Crippen molar-refractivity contribution < 1.29 is 14.3 Å². The molecule has 1 aromatic carbocycles. The summed E-state index contributed by atoms with van der Waals surface area (Å²) >= 11 is 0. The SMILES string of the molecule is Cn1cc([C@H]2CNC[C@@H]2C(=O)NCCc2ccc3c(c2)OCCO3)cn1. The van der Waals surface area contributed by atoms with Crippen LogP contribution in [-0.2, 0) is 18.3 Å². The molecule has 2 aliphatic heterocycles. The molecule has 7 nitrogen and oxygen atoms in total. The van der Waals surface area contributed by atoms with Crippen LogP contribution in [0.1, 0.15) is 17.0 Å². The number of ether oxygens (including phenoxy) is 2. The Bertz CT molecular complexity index is 789. The van der Waals surface area contributed by atoms with Gasteiger partial charge >= 0.3 is 0 Å². The number of aromatic nitrogens is 2. The Labute approximate surface area is 152 Å². The minimum atomic E-state index is -0.0560. The van der Waals surface area contributed by atoms with Gasteiger partial charge in [-0.25, -0.2) is 0 Å². The van der Waals surface area contributed by atoms with Gasteiger partial charge in [0.15, 0.2) is 11.5 Å². The van der Waals surface area contributed by atoms with Gasteiger partial charge in [-0.3, -0.25) is 9.48 Å². The molecule has 0 unspecified atom stereocenters. The van der Waals surface area contributed by atoms with Crippen LogP contribution in [0.3, 0.4) is 0 Å². The van der Waals surface area contributed by atoms with Gasteiger partial charge in [-0.15, -0.1) is 0 Å². The van der Waals surface area contributed by atoms with Gasteiger partial charge in [0.05, 0.1) is 12.1 Å². The summed E-state index contributed by atoms with van der Waals surface area (Å²) in [6.07, 6.45) is 4.61. The van der Waals surface area contributed by atoms with E-state index in [1.165, 1.54) is 0 Å². The molecule has 1 saturated heterocycles. The Morgan fingerprint density at radius 1 is 1.31 bits per heavy atom. The van der Waals surface area contributed by atoms with Crippen LogP contribution >= 0.6 is 0 Å². The van der Waals surface area contributed by atoms with E-state index in [-0.39, 0.29) is 17.7 Å². The average Bonchev–Trinajstić information content (AvgIpc) is 3.30. The molecule has 0 spiro atoms. The molecule has 0 bridgehead atoms. The molecule has 138 valence electrons. The Kier molecular flexibility index (Phi) is 4.79. The fraction of sp³-hybridized carbons (Fsp3) is 0.474. The van der Waals surface area contributed by atoms with Crippen molar-refractivity contribution in [1.29, 1.82) is 0 Å². The van der Waals surface area contributed by atoms with Crippen molar-refractivity contribution in [1.82, 2.24) is 20.4 Å². The first kappa shape index (κ1) is 16.9. The van der Waals surface area contributed by atoms with Gasteiger partial charge in [-0.05, 0) is 29.7 Å². The van der Waals surface area contributed by atoms with Crippen LogP contribution in [0, 0.1) is 5.92 Å². The summed E-state index contributed by atoms with van der Waals surface area (Å²) in [5.41, 5.74) is 2.24. The zero-order valence-electron chi connectivity index (χ0n) is 14.9. The lowest BCUT2D eigenvalue weighted by molar-refractivity contribution is -0.124. The van der Waals surface area contributed by atoms with Gasteiger partial charge in [0.25, 0.3) is 0 Å². The summed E-state index contributed by atoms with van der Waals surface area (Å²) in [7, 11) is 1.90. The van der Waals surface area contributed by atoms with Crippen LogP contribution in [0.15, 0.2) is 30.6 Å². The predicted molar refractivity (Wildman–Crippen MR) is 96.5 cm³/mol. The maximum atomic E-state index is 12.6. The van der Waals surface area contributed by atoms with E-state index in [0.29, 0.717) is 26.3 Å². The van der Waals surface area contributed by atoms with Crippen molar-refractivity contribution in [3.63, 3.8) is 0 Å². The number of aryl methyl sites for hydroxylation is 1. The summed E-state index contributed by atoms with van der Waals surface area (Å²) in [4.78, 5) is 12.6. The monoisotopic (exact) mass is 356 g/mol. The molecule has 26 heavy (non-hydrogen) atoms. The molecule has 7 heteroatoms. The third kappa shape index (κ3) is 3.53. The lowest BCUT2D eigenvalue weighted by atomic mass is 9.90. The lowest BCUT2D eigenvalue weighted by Gasteiger charge is -2.19. The van der Waals surface area contributed by atoms with E-state index in [2.05, 4.69) is 15.7 Å². The first-order valence-corrected chi connectivity index (χ1v) is 9.06. The number of fused-ring (bicyclic) bond motifs is 1. The van der Waals surface area contributed by atoms with Crippen LogP contribution in [-0.4, -0.2) is 48.5 Å². The summed E-state index contributed by atoms with van der Waals surface area (Å²) in [5, 5.41) is 10.6. The maximum Gasteiger partial charge on any atom is 0.225 e. The summed E-state index contributed by atoms with van der Waals surface area (Å²) in [5.74, 6) is 1.80. The van der Waals surface area contributed by atoms with Gasteiger partial charge in [0.1, 0.15) is 13.2 Å². The smallest absolute Gasteiger partial charge is 0.225 e. The molecule has 4 rings (SSSR count). The second-order valence-corrected chi connectivity index (χ2v) is 6.84. The van der Waals surface area contributed by atoms with Gasteiger partial charge in [0.2, 0.25) is 5.91 Å². The molecular weight excluding hydrogens is 332 g/mol. The highest BCUT2D eigenvalue weighted by molar-refractivity contribution is 5.80. The minimum Gasteiger partial charge on any atom is -0.486 e. The topological polar surface area (TPSA) is 77.4 Å². The Morgan fingerprint density at radius 2 is 2.15 bits per heavy atom. The van der Waals surface area contributed by atoms with E-state index in [0.717, 1.165) is 35.6 Å². The number of hydrogen-bond acceptors (Lipinski definition) is 5. The summed E-state index contributed by atoms with van der Waals surface area (Å²) < 4.78 is 12.9. The number of benzene rings is 1. The van der Waals surface area contributed by atoms with Crippen LogP contribution in [0.2, 0.25) is 0 Å². The molecule has 2 aliphatic rings. The molecule has 0 radical (unpaired) electrons. The molecule has 1 fully saturated rings. The van der Waals surface area contributed by atoms with Gasteiger partial charge in [0, 0.05) is 38.8 Å². The Hall–Kier alpha value is -2.54. The number of hydrogen-bond donors (Lipinski definition) is 2. The Balaban J connectivity index is 1.32. The number of nitrogens with zero attached hydrogens (tertiary/aromatic N) is 2. The van der Waals surface area contributed by atoms with Crippen molar-refractivity contribution >= 4 is 5.91 Å². The second-order valence-electron chi connectivity index (χ2n) is 6.84. The molecule has 0 aliphatic carbocycles. The molecule has 1 aromatic heterocycles. The standard InChI is InChI=1S/C19H24N4O3/c1-23-12-14(9-22-23)15-10-20-11-16(15)19(24)21-5-4-13-2-3-17-18(8-13)26-7-6-25-17/h2-3,8-9,12,15-16,20H,4-7,10-11H2,1H3,(H,21,24)/t15-,16+/m1/s1. The number of carbonyl (C=O) groups excluding carboxylic acids is 1. The second kappa shape index (κ2) is 7.37. The van der Waals surface area contributed by atoms with E-state index in [4.69, 9.17) is 9.47 Å². The minimum absolute atomic E-state index is 0.0560. The van der Waals surface area contributed by atoms with Crippen molar-refractivity contribution in [2.24, 2.45) is 13.0 Å². The van der Waals surface area contributed by atoms with E-state index < -0.39 is 0 Å². The molecule has 1 amide bonds. The van der Waals surface area contributed by atoms with Crippen LogP contribution in [0.4, 0.5) is 0 Å². The van der Waals surface area contributed by atoms with Gasteiger partial charge in [-0.2, -0.15) is 5.10 Å². The molecule has 3 heterocycles. The summed E-state index contributed by atoms with van der Waals surface area (Å²) in [6.45, 7) is 3.30. The average molecular weight is 356 g/mol.